The van der Waals surface area contributed by atoms with Crippen LogP contribution in [0.3, 0.4) is 0 Å². The van der Waals surface area contributed by atoms with E-state index < -0.39 is 12.1 Å². The van der Waals surface area contributed by atoms with Crippen molar-refractivity contribution in [3.05, 3.63) is 83.3 Å². The maximum absolute atomic E-state index is 11.9. The lowest BCUT2D eigenvalue weighted by Crippen LogP contribution is -2.11. The molecule has 0 saturated heterocycles. The first-order valence-electron chi connectivity index (χ1n) is 8.59. The van der Waals surface area contributed by atoms with Crippen molar-refractivity contribution in [2.45, 2.75) is 38.4 Å². The van der Waals surface area contributed by atoms with Gasteiger partial charge in [-0.05, 0) is 36.8 Å². The number of unbranched alkanes of at least 4 members (excludes halogenated alkanes) is 1. The average molecular weight is 338 g/mol. The van der Waals surface area contributed by atoms with E-state index in [9.17, 15) is 9.90 Å². The third-order valence-corrected chi connectivity index (χ3v) is 4.22. The highest BCUT2D eigenvalue weighted by atomic mass is 16.6. The van der Waals surface area contributed by atoms with E-state index in [1.165, 1.54) is 5.56 Å². The fourth-order valence-electron chi connectivity index (χ4n) is 2.85. The summed E-state index contributed by atoms with van der Waals surface area (Å²) in [4.78, 5) is 11.9. The van der Waals surface area contributed by atoms with Gasteiger partial charge in [-0.2, -0.15) is 0 Å². The van der Waals surface area contributed by atoms with Crippen LogP contribution in [0.4, 0.5) is 0 Å². The summed E-state index contributed by atoms with van der Waals surface area (Å²) < 4.78 is 10.7. The molecule has 0 aliphatic carbocycles. The summed E-state index contributed by atoms with van der Waals surface area (Å²) >= 11 is 0. The second kappa shape index (κ2) is 8.38. The number of aliphatic hydroxyl groups is 1. The van der Waals surface area contributed by atoms with E-state index in [1.807, 2.05) is 48.5 Å². The van der Waals surface area contributed by atoms with Gasteiger partial charge in [0.15, 0.2) is 11.9 Å². The van der Waals surface area contributed by atoms with Crippen LogP contribution >= 0.6 is 0 Å². The van der Waals surface area contributed by atoms with Crippen LogP contribution in [0.5, 0.6) is 0 Å². The Morgan fingerprint density at radius 3 is 2.24 bits per heavy atom. The van der Waals surface area contributed by atoms with Crippen LogP contribution in [0.15, 0.2) is 72.2 Å². The fraction of sp³-hybridized carbons (Fsp3) is 0.286. The van der Waals surface area contributed by atoms with Gasteiger partial charge in [0, 0.05) is 0 Å². The van der Waals surface area contributed by atoms with Crippen molar-refractivity contribution in [2.24, 2.45) is 0 Å². The van der Waals surface area contributed by atoms with Crippen LogP contribution in [-0.4, -0.2) is 17.2 Å². The Morgan fingerprint density at radius 2 is 1.56 bits per heavy atom. The summed E-state index contributed by atoms with van der Waals surface area (Å²) in [5, 5.41) is 10.2. The summed E-state index contributed by atoms with van der Waals surface area (Å²) in [6.45, 7) is 0.232. The third kappa shape index (κ3) is 4.63. The summed E-state index contributed by atoms with van der Waals surface area (Å²) in [7, 11) is 0. The van der Waals surface area contributed by atoms with Crippen LogP contribution in [0.1, 0.15) is 30.4 Å². The maximum Gasteiger partial charge on any atom is 0.378 e. The van der Waals surface area contributed by atoms with E-state index >= 15 is 0 Å². The van der Waals surface area contributed by atoms with Gasteiger partial charge in [0.1, 0.15) is 6.61 Å². The highest BCUT2D eigenvalue weighted by Gasteiger charge is 2.35. The van der Waals surface area contributed by atoms with Gasteiger partial charge in [0.25, 0.3) is 0 Å². The molecule has 1 N–H and O–H groups in total. The zero-order valence-electron chi connectivity index (χ0n) is 14.1. The lowest BCUT2D eigenvalue weighted by Gasteiger charge is -2.09. The van der Waals surface area contributed by atoms with Crippen LogP contribution in [0, 0.1) is 0 Å². The molecule has 4 heteroatoms. The van der Waals surface area contributed by atoms with Crippen molar-refractivity contribution in [1.29, 1.82) is 0 Å². The largest absolute Gasteiger partial charge is 0.505 e. The van der Waals surface area contributed by atoms with Gasteiger partial charge in [0.05, 0.1) is 0 Å². The normalized spacial score (nSPS) is 16.8. The number of carbonyl (C=O) groups excluding carboxylic acids is 1. The molecule has 2 aromatic carbocycles. The second-order valence-corrected chi connectivity index (χ2v) is 6.11. The number of aryl methyl sites for hydroxylation is 1. The number of rotatable bonds is 8. The Labute approximate surface area is 147 Å². The van der Waals surface area contributed by atoms with Crippen LogP contribution in [-0.2, 0) is 27.3 Å². The van der Waals surface area contributed by atoms with E-state index in [-0.39, 0.29) is 18.1 Å². The van der Waals surface area contributed by atoms with Gasteiger partial charge in [-0.1, -0.05) is 60.7 Å². The molecule has 2 aromatic rings. The summed E-state index contributed by atoms with van der Waals surface area (Å²) in [6, 6.07) is 19.8. The molecule has 0 spiro atoms. The van der Waals surface area contributed by atoms with E-state index in [1.54, 1.807) is 0 Å². The standard InChI is InChI=1S/C21H22O4/c22-19-18(14-8-7-11-16-9-3-1-4-10-16)25-21(23)20(19)24-15-17-12-5-2-6-13-17/h1-6,9-10,12-13,18,22H,7-8,11,14-15H2. The van der Waals surface area contributed by atoms with Gasteiger partial charge in [-0.3, -0.25) is 0 Å². The van der Waals surface area contributed by atoms with E-state index in [0.29, 0.717) is 6.42 Å². The van der Waals surface area contributed by atoms with Crippen molar-refractivity contribution < 1.29 is 19.4 Å². The van der Waals surface area contributed by atoms with Crippen molar-refractivity contribution in [2.75, 3.05) is 0 Å². The zero-order chi connectivity index (χ0) is 17.5. The van der Waals surface area contributed by atoms with Crippen molar-refractivity contribution in [3.63, 3.8) is 0 Å². The molecule has 130 valence electrons. The molecule has 0 saturated carbocycles. The molecule has 25 heavy (non-hydrogen) atoms. The highest BCUT2D eigenvalue weighted by Crippen LogP contribution is 2.26. The van der Waals surface area contributed by atoms with Crippen molar-refractivity contribution >= 4 is 5.97 Å². The molecular weight excluding hydrogens is 316 g/mol. The van der Waals surface area contributed by atoms with Gasteiger partial charge in [-0.15, -0.1) is 0 Å². The number of aliphatic hydroxyl groups excluding tert-OH is 1. The van der Waals surface area contributed by atoms with Crippen LogP contribution in [0.2, 0.25) is 0 Å². The first-order chi connectivity index (χ1) is 12.2. The molecule has 1 atom stereocenters. The van der Waals surface area contributed by atoms with Gasteiger partial charge >= 0.3 is 5.97 Å². The number of hydrogen-bond acceptors (Lipinski definition) is 4. The molecule has 1 unspecified atom stereocenters. The van der Waals surface area contributed by atoms with Crippen molar-refractivity contribution in [1.82, 2.24) is 0 Å². The van der Waals surface area contributed by atoms with Gasteiger partial charge < -0.3 is 14.6 Å². The average Bonchev–Trinajstić information content (AvgIpc) is 2.92. The first kappa shape index (κ1) is 17.1. The lowest BCUT2D eigenvalue weighted by molar-refractivity contribution is -0.143. The van der Waals surface area contributed by atoms with Gasteiger partial charge in [0.2, 0.25) is 5.76 Å². The van der Waals surface area contributed by atoms with E-state index in [2.05, 4.69) is 12.1 Å². The number of carbonyl (C=O) groups is 1. The minimum Gasteiger partial charge on any atom is -0.505 e. The molecule has 0 bridgehead atoms. The predicted molar refractivity (Wildman–Crippen MR) is 94.8 cm³/mol. The molecule has 1 heterocycles. The lowest BCUT2D eigenvalue weighted by atomic mass is 10.0. The minimum atomic E-state index is -0.589. The number of hydrogen-bond donors (Lipinski definition) is 1. The third-order valence-electron chi connectivity index (χ3n) is 4.22. The molecule has 1 aliphatic rings. The molecule has 3 rings (SSSR count). The number of ether oxygens (including phenoxy) is 2. The first-order valence-corrected chi connectivity index (χ1v) is 8.59. The summed E-state index contributed by atoms with van der Waals surface area (Å²) in [6.07, 6.45) is 2.83. The number of cyclic esters (lactones) is 1. The molecular formula is C21H22O4. The Balaban J connectivity index is 1.47. The SMILES string of the molecule is O=C1OC(CCCCc2ccccc2)C(O)=C1OCc1ccccc1. The zero-order valence-corrected chi connectivity index (χ0v) is 14.1. The molecule has 0 radical (unpaired) electrons. The topological polar surface area (TPSA) is 55.8 Å². The molecule has 0 fully saturated rings. The second-order valence-electron chi connectivity index (χ2n) is 6.11. The van der Waals surface area contributed by atoms with E-state index in [4.69, 9.17) is 9.47 Å². The Hall–Kier alpha value is -2.75. The molecule has 0 amide bonds. The van der Waals surface area contributed by atoms with E-state index in [0.717, 1.165) is 24.8 Å². The number of esters is 1. The summed E-state index contributed by atoms with van der Waals surface area (Å²) in [5.41, 5.74) is 2.22. The maximum atomic E-state index is 11.9. The quantitative estimate of drug-likeness (QED) is 0.575. The Kier molecular flexibility index (Phi) is 5.73. The van der Waals surface area contributed by atoms with Crippen molar-refractivity contribution in [3.8, 4) is 0 Å². The van der Waals surface area contributed by atoms with Crippen LogP contribution < -0.4 is 0 Å². The highest BCUT2D eigenvalue weighted by molar-refractivity contribution is 5.89. The minimum absolute atomic E-state index is 0.0584. The molecule has 0 aromatic heterocycles. The van der Waals surface area contributed by atoms with Crippen LogP contribution in [0.25, 0.3) is 0 Å². The molecule has 4 nitrogen and oxygen atoms in total. The fourth-order valence-corrected chi connectivity index (χ4v) is 2.85. The van der Waals surface area contributed by atoms with Gasteiger partial charge in [-0.25, -0.2) is 4.79 Å². The smallest absolute Gasteiger partial charge is 0.378 e. The Morgan fingerprint density at radius 1 is 0.920 bits per heavy atom. The number of benzene rings is 2. The Bertz CT molecular complexity index is 722. The monoisotopic (exact) mass is 338 g/mol. The summed E-state index contributed by atoms with van der Waals surface area (Å²) in [5.74, 6) is -0.723. The predicted octanol–water partition coefficient (Wildman–Crippen LogP) is 4.31. The molecule has 1 aliphatic heterocycles.